The molecule has 1 N–H and O–H groups in total. The van der Waals surface area contributed by atoms with Crippen molar-refractivity contribution in [2.45, 2.75) is 65.6 Å². The first kappa shape index (κ1) is 19.0. The summed E-state index contributed by atoms with van der Waals surface area (Å²) in [6.45, 7) is 11.3. The van der Waals surface area contributed by atoms with E-state index in [1.54, 1.807) is 0 Å². The van der Waals surface area contributed by atoms with Crippen molar-refractivity contribution >= 4 is 11.9 Å². The first-order valence-corrected chi connectivity index (χ1v) is 8.81. The highest BCUT2D eigenvalue weighted by Crippen LogP contribution is 2.58. The van der Waals surface area contributed by atoms with Gasteiger partial charge in [-0.2, -0.15) is 0 Å². The van der Waals surface area contributed by atoms with E-state index in [9.17, 15) is 14.7 Å². The molecule has 0 bridgehead atoms. The van der Waals surface area contributed by atoms with E-state index in [4.69, 9.17) is 9.47 Å². The molecule has 2 fully saturated rings. The monoisotopic (exact) mass is 338 g/mol. The molecule has 0 aromatic rings. The van der Waals surface area contributed by atoms with Crippen LogP contribution in [0, 0.1) is 23.2 Å². The molecule has 136 valence electrons. The Hall–Kier alpha value is -1.36. The lowest BCUT2D eigenvalue weighted by molar-refractivity contribution is -0.180. The summed E-state index contributed by atoms with van der Waals surface area (Å²) >= 11 is 0. The van der Waals surface area contributed by atoms with E-state index in [2.05, 4.69) is 13.5 Å². The minimum atomic E-state index is -0.689. The molecular weight excluding hydrogens is 308 g/mol. The smallest absolute Gasteiger partial charge is 0.302 e. The van der Waals surface area contributed by atoms with Crippen LogP contribution < -0.4 is 0 Å². The highest BCUT2D eigenvalue weighted by atomic mass is 16.6. The van der Waals surface area contributed by atoms with Crippen LogP contribution in [0.5, 0.6) is 0 Å². The topological polar surface area (TPSA) is 72.8 Å². The Morgan fingerprint density at radius 2 is 1.92 bits per heavy atom. The molecule has 2 aliphatic rings. The molecule has 0 heterocycles. The molecule has 0 radical (unpaired) electrons. The maximum Gasteiger partial charge on any atom is 0.302 e. The molecule has 5 heteroatoms. The number of allylic oxidation sites excluding steroid dienone is 1. The third-order valence-corrected chi connectivity index (χ3v) is 6.22. The van der Waals surface area contributed by atoms with Crippen LogP contribution in [0.4, 0.5) is 0 Å². The number of hydrogen-bond donors (Lipinski definition) is 1. The van der Waals surface area contributed by atoms with Crippen molar-refractivity contribution < 1.29 is 24.2 Å². The summed E-state index contributed by atoms with van der Waals surface area (Å²) in [5, 5.41) is 10.7. The maximum atomic E-state index is 11.4. The second kappa shape index (κ2) is 7.26. The van der Waals surface area contributed by atoms with Gasteiger partial charge in [-0.25, -0.2) is 0 Å². The van der Waals surface area contributed by atoms with Gasteiger partial charge in [0.1, 0.15) is 6.10 Å². The van der Waals surface area contributed by atoms with Gasteiger partial charge in [-0.15, -0.1) is 0 Å². The standard InChI is InChI=1S/C19H30O5/c1-11(2)15-6-7-19(9-15)12(3)18(22)17(24-14(5)21)8-16(19)10-23-13(4)20/h12,15-18,22H,1,6-10H2,2-5H3/t12-,15-,16-,17-,18-,19-/m1/s1. The van der Waals surface area contributed by atoms with Crippen LogP contribution >= 0.6 is 0 Å². The molecule has 2 saturated carbocycles. The maximum absolute atomic E-state index is 11.4. The number of rotatable bonds is 4. The second-order valence-corrected chi connectivity index (χ2v) is 7.68. The Kier molecular flexibility index (Phi) is 5.74. The van der Waals surface area contributed by atoms with Crippen LogP contribution in [0.2, 0.25) is 0 Å². The second-order valence-electron chi connectivity index (χ2n) is 7.68. The van der Waals surface area contributed by atoms with Crippen LogP contribution in [0.25, 0.3) is 0 Å². The SMILES string of the molecule is C=C(C)[C@@H]1CC[C@]2(C1)[C@@H](COC(C)=O)C[C@@H](OC(C)=O)[C@H](O)[C@H]2C. The first-order valence-electron chi connectivity index (χ1n) is 8.81. The van der Waals surface area contributed by atoms with Gasteiger partial charge in [0.2, 0.25) is 0 Å². The van der Waals surface area contributed by atoms with E-state index in [0.717, 1.165) is 19.3 Å². The van der Waals surface area contributed by atoms with E-state index in [0.29, 0.717) is 18.9 Å². The number of ether oxygens (including phenoxy) is 2. The fourth-order valence-corrected chi connectivity index (χ4v) is 4.78. The van der Waals surface area contributed by atoms with Crippen molar-refractivity contribution in [1.29, 1.82) is 0 Å². The number of carbonyl (C=O) groups excluding carboxylic acids is 2. The predicted molar refractivity (Wildman–Crippen MR) is 90.1 cm³/mol. The van der Waals surface area contributed by atoms with Gasteiger partial charge in [-0.1, -0.05) is 19.1 Å². The zero-order chi connectivity index (χ0) is 18.1. The summed E-state index contributed by atoms with van der Waals surface area (Å²) in [7, 11) is 0. The molecule has 0 amide bonds. The average molecular weight is 338 g/mol. The molecule has 0 aliphatic heterocycles. The fourth-order valence-electron chi connectivity index (χ4n) is 4.78. The van der Waals surface area contributed by atoms with Gasteiger partial charge in [0.05, 0.1) is 12.7 Å². The Balaban J connectivity index is 2.26. The predicted octanol–water partition coefficient (Wildman–Crippen LogP) is 2.86. The highest BCUT2D eigenvalue weighted by Gasteiger charge is 2.56. The third-order valence-electron chi connectivity index (χ3n) is 6.22. The van der Waals surface area contributed by atoms with Crippen LogP contribution in [0.3, 0.4) is 0 Å². The minimum Gasteiger partial charge on any atom is -0.466 e. The van der Waals surface area contributed by atoms with Crippen molar-refractivity contribution in [3.8, 4) is 0 Å². The third kappa shape index (κ3) is 3.66. The molecule has 0 aromatic carbocycles. The van der Waals surface area contributed by atoms with Gasteiger partial charge in [-0.3, -0.25) is 9.59 Å². The molecule has 2 rings (SSSR count). The van der Waals surface area contributed by atoms with Gasteiger partial charge in [0.15, 0.2) is 0 Å². The van der Waals surface area contributed by atoms with Gasteiger partial charge in [0.25, 0.3) is 0 Å². The van der Waals surface area contributed by atoms with Gasteiger partial charge in [-0.05, 0) is 49.9 Å². The number of esters is 2. The summed E-state index contributed by atoms with van der Waals surface area (Å²) in [5.74, 6) is -0.208. The minimum absolute atomic E-state index is 0.0273. The number of aliphatic hydroxyl groups is 1. The van der Waals surface area contributed by atoms with Crippen molar-refractivity contribution in [2.75, 3.05) is 6.61 Å². The largest absolute Gasteiger partial charge is 0.466 e. The molecular formula is C19H30O5. The molecule has 0 saturated heterocycles. The summed E-state index contributed by atoms with van der Waals surface area (Å²) in [5.41, 5.74) is 1.07. The van der Waals surface area contributed by atoms with Crippen molar-refractivity contribution in [3.63, 3.8) is 0 Å². The van der Waals surface area contributed by atoms with E-state index in [1.165, 1.54) is 19.4 Å². The van der Waals surface area contributed by atoms with Crippen molar-refractivity contribution in [1.82, 2.24) is 0 Å². The van der Waals surface area contributed by atoms with E-state index in [-0.39, 0.29) is 29.2 Å². The lowest BCUT2D eigenvalue weighted by Crippen LogP contribution is -2.54. The molecule has 5 nitrogen and oxygen atoms in total. The summed E-state index contributed by atoms with van der Waals surface area (Å²) in [4.78, 5) is 22.7. The molecule has 6 atom stereocenters. The molecule has 2 aliphatic carbocycles. The molecule has 24 heavy (non-hydrogen) atoms. The summed E-state index contributed by atoms with van der Waals surface area (Å²) in [6, 6.07) is 0. The highest BCUT2D eigenvalue weighted by molar-refractivity contribution is 5.66. The number of carbonyl (C=O) groups is 2. The molecule has 0 aromatic heterocycles. The Morgan fingerprint density at radius 3 is 2.42 bits per heavy atom. The lowest BCUT2D eigenvalue weighted by atomic mass is 9.57. The number of hydrogen-bond acceptors (Lipinski definition) is 5. The van der Waals surface area contributed by atoms with E-state index in [1.807, 2.05) is 6.92 Å². The van der Waals surface area contributed by atoms with Crippen LogP contribution in [-0.4, -0.2) is 35.9 Å². The normalized spacial score (nSPS) is 38.8. The van der Waals surface area contributed by atoms with Crippen molar-refractivity contribution in [2.24, 2.45) is 23.2 Å². The molecule has 0 unspecified atom stereocenters. The Bertz CT molecular complexity index is 514. The lowest BCUT2D eigenvalue weighted by Gasteiger charge is -2.51. The zero-order valence-electron chi connectivity index (χ0n) is 15.2. The number of aliphatic hydroxyl groups excluding tert-OH is 1. The van der Waals surface area contributed by atoms with Gasteiger partial charge in [0, 0.05) is 19.8 Å². The average Bonchev–Trinajstić information content (AvgIpc) is 2.93. The summed E-state index contributed by atoms with van der Waals surface area (Å²) < 4.78 is 10.7. The Morgan fingerprint density at radius 1 is 1.25 bits per heavy atom. The fraction of sp³-hybridized carbons (Fsp3) is 0.789. The van der Waals surface area contributed by atoms with Crippen LogP contribution in [0.15, 0.2) is 12.2 Å². The first-order chi connectivity index (χ1) is 11.2. The van der Waals surface area contributed by atoms with E-state index < -0.39 is 12.2 Å². The summed E-state index contributed by atoms with van der Waals surface area (Å²) in [6.07, 6.45) is 2.27. The van der Waals surface area contributed by atoms with Crippen molar-refractivity contribution in [3.05, 3.63) is 12.2 Å². The zero-order valence-corrected chi connectivity index (χ0v) is 15.2. The van der Waals surface area contributed by atoms with E-state index >= 15 is 0 Å². The Labute approximate surface area is 144 Å². The van der Waals surface area contributed by atoms with Gasteiger partial charge < -0.3 is 14.6 Å². The van der Waals surface area contributed by atoms with Gasteiger partial charge >= 0.3 is 11.9 Å². The van der Waals surface area contributed by atoms with Crippen LogP contribution in [0.1, 0.15) is 53.4 Å². The quantitative estimate of drug-likeness (QED) is 0.630. The van der Waals surface area contributed by atoms with Crippen LogP contribution in [-0.2, 0) is 19.1 Å². The molecule has 1 spiro atoms.